The molecule has 1 saturated carbocycles. The van der Waals surface area contributed by atoms with Gasteiger partial charge in [-0.1, -0.05) is 122 Å². The molecule has 0 amide bonds. The Balaban J connectivity index is 1.10. The van der Waals surface area contributed by atoms with Crippen LogP contribution in [0.2, 0.25) is 0 Å². The highest BCUT2D eigenvalue weighted by atomic mass is 16.3. The standard InChI is InChI=1S/C45H35N3O/c1-4-13-29(14-5-1)42-46-43(30-15-6-2-7-16-30)48-44(47-42)32-22-24-40-37(27-32)36-19-12-18-33(41(36)49-40)31-21-23-35-34-17-8-9-20-38(34)45(39(35)28-31)25-10-3-11-26-45/h1-2,4-6,8-9,12-15,17-24,27-28H,3,7,10-11,16,25-26H2. The van der Waals surface area contributed by atoms with E-state index in [0.717, 1.165) is 62.9 Å². The molecule has 1 spiro atoms. The Kier molecular flexibility index (Phi) is 6.51. The van der Waals surface area contributed by atoms with E-state index >= 15 is 0 Å². The molecule has 2 aromatic heterocycles. The minimum absolute atomic E-state index is 0.114. The van der Waals surface area contributed by atoms with Crippen LogP contribution >= 0.6 is 0 Å². The Morgan fingerprint density at radius 3 is 2.16 bits per heavy atom. The van der Waals surface area contributed by atoms with Gasteiger partial charge in [0, 0.05) is 32.9 Å². The van der Waals surface area contributed by atoms with Crippen LogP contribution in [0.3, 0.4) is 0 Å². The number of hydrogen-bond donors (Lipinski definition) is 0. The van der Waals surface area contributed by atoms with Gasteiger partial charge in [-0.25, -0.2) is 15.0 Å². The number of nitrogens with zero attached hydrogens (tertiary/aromatic N) is 3. The van der Waals surface area contributed by atoms with E-state index in [0.29, 0.717) is 11.6 Å². The van der Waals surface area contributed by atoms with Gasteiger partial charge in [0.05, 0.1) is 0 Å². The molecule has 236 valence electrons. The summed E-state index contributed by atoms with van der Waals surface area (Å²) in [7, 11) is 0. The molecule has 0 atom stereocenters. The fraction of sp³-hybridized carbons (Fsp3) is 0.178. The third kappa shape index (κ3) is 4.54. The summed E-state index contributed by atoms with van der Waals surface area (Å²) in [5.74, 6) is 2.09. The first-order valence-electron chi connectivity index (χ1n) is 17.6. The van der Waals surface area contributed by atoms with E-state index in [-0.39, 0.29) is 5.41 Å². The second kappa shape index (κ2) is 11.2. The zero-order valence-electron chi connectivity index (χ0n) is 27.3. The lowest BCUT2D eigenvalue weighted by molar-refractivity contribution is 0.353. The molecule has 0 bridgehead atoms. The Bertz CT molecular complexity index is 2480. The molecule has 0 N–H and O–H groups in total. The van der Waals surface area contributed by atoms with Gasteiger partial charge in [-0.3, -0.25) is 0 Å². The Morgan fingerprint density at radius 1 is 0.551 bits per heavy atom. The van der Waals surface area contributed by atoms with Crippen molar-refractivity contribution in [3.63, 3.8) is 0 Å². The lowest BCUT2D eigenvalue weighted by atomic mass is 9.67. The normalized spacial score (nSPS) is 16.2. The zero-order chi connectivity index (χ0) is 32.4. The summed E-state index contributed by atoms with van der Waals surface area (Å²) < 4.78 is 6.69. The lowest BCUT2D eigenvalue weighted by Crippen LogP contribution is -2.28. The first-order valence-corrected chi connectivity index (χ1v) is 17.6. The van der Waals surface area contributed by atoms with Gasteiger partial charge in [0.25, 0.3) is 0 Å². The van der Waals surface area contributed by atoms with Crippen molar-refractivity contribution in [3.8, 4) is 45.0 Å². The molecule has 7 aromatic rings. The molecule has 0 saturated heterocycles. The maximum absolute atomic E-state index is 6.69. The van der Waals surface area contributed by atoms with Crippen molar-refractivity contribution in [2.45, 2.75) is 50.4 Å². The van der Waals surface area contributed by atoms with Gasteiger partial charge in [-0.15, -0.1) is 0 Å². The number of para-hydroxylation sites is 1. The van der Waals surface area contributed by atoms with Gasteiger partial charge in [0.1, 0.15) is 11.2 Å². The Labute approximate surface area is 285 Å². The van der Waals surface area contributed by atoms with Crippen molar-refractivity contribution in [3.05, 3.63) is 144 Å². The number of allylic oxidation sites excluding steroid dienone is 4. The van der Waals surface area contributed by atoms with E-state index in [1.165, 1.54) is 59.9 Å². The lowest BCUT2D eigenvalue weighted by Gasteiger charge is -2.36. The van der Waals surface area contributed by atoms with Crippen molar-refractivity contribution in [2.24, 2.45) is 0 Å². The smallest absolute Gasteiger partial charge is 0.164 e. The number of fused-ring (bicyclic) bond motifs is 8. The van der Waals surface area contributed by atoms with Gasteiger partial charge in [0.2, 0.25) is 0 Å². The fourth-order valence-electron chi connectivity index (χ4n) is 8.64. The third-order valence-electron chi connectivity index (χ3n) is 11.0. The molecule has 3 aliphatic rings. The summed E-state index contributed by atoms with van der Waals surface area (Å²) in [4.78, 5) is 15.0. The molecule has 0 aliphatic heterocycles. The van der Waals surface area contributed by atoms with Crippen molar-refractivity contribution >= 4 is 27.5 Å². The van der Waals surface area contributed by atoms with Crippen LogP contribution in [0, 0.1) is 0 Å². The van der Waals surface area contributed by atoms with Crippen LogP contribution in [0.1, 0.15) is 61.9 Å². The molecule has 0 radical (unpaired) electrons. The van der Waals surface area contributed by atoms with Crippen molar-refractivity contribution in [1.29, 1.82) is 0 Å². The molecule has 1 fully saturated rings. The number of hydrogen-bond acceptors (Lipinski definition) is 4. The highest BCUT2D eigenvalue weighted by Gasteiger charge is 2.43. The largest absolute Gasteiger partial charge is 0.455 e. The van der Waals surface area contributed by atoms with Crippen molar-refractivity contribution in [1.82, 2.24) is 15.0 Å². The molecule has 3 aliphatic carbocycles. The summed E-state index contributed by atoms with van der Waals surface area (Å²) in [5, 5.41) is 2.16. The quantitative estimate of drug-likeness (QED) is 0.193. The summed E-state index contributed by atoms with van der Waals surface area (Å²) in [6, 6.07) is 39.3. The van der Waals surface area contributed by atoms with Crippen LogP contribution in [0.15, 0.2) is 132 Å². The minimum Gasteiger partial charge on any atom is -0.455 e. The SMILES string of the molecule is C1=CCCC(c2nc(-c3ccccc3)nc(-c3ccc4oc5c(-c6ccc7c(c6)C6(CCCCC6)c6ccccc6-7)cccc5c4c3)n2)=C1. The number of rotatable bonds is 4. The topological polar surface area (TPSA) is 51.8 Å². The summed E-state index contributed by atoms with van der Waals surface area (Å²) >= 11 is 0. The second-order valence-electron chi connectivity index (χ2n) is 13.8. The maximum atomic E-state index is 6.69. The van der Waals surface area contributed by atoms with Crippen LogP contribution in [0.25, 0.3) is 72.5 Å². The molecular weight excluding hydrogens is 599 g/mol. The number of furan rings is 1. The highest BCUT2D eigenvalue weighted by Crippen LogP contribution is 2.56. The van der Waals surface area contributed by atoms with E-state index in [1.54, 1.807) is 0 Å². The van der Waals surface area contributed by atoms with Gasteiger partial charge in [-0.05, 0) is 83.3 Å². The minimum atomic E-state index is 0.114. The second-order valence-corrected chi connectivity index (χ2v) is 13.8. The summed E-state index contributed by atoms with van der Waals surface area (Å²) in [6.45, 7) is 0. The monoisotopic (exact) mass is 633 g/mol. The molecule has 4 nitrogen and oxygen atoms in total. The van der Waals surface area contributed by atoms with E-state index < -0.39 is 0 Å². The van der Waals surface area contributed by atoms with Gasteiger partial charge >= 0.3 is 0 Å². The molecule has 49 heavy (non-hydrogen) atoms. The Morgan fingerprint density at radius 2 is 1.31 bits per heavy atom. The van der Waals surface area contributed by atoms with Crippen LogP contribution < -0.4 is 0 Å². The molecule has 4 heteroatoms. The van der Waals surface area contributed by atoms with Crippen LogP contribution in [-0.4, -0.2) is 15.0 Å². The average molecular weight is 634 g/mol. The number of aromatic nitrogens is 3. The maximum Gasteiger partial charge on any atom is 0.164 e. The molecular formula is C45H35N3O. The van der Waals surface area contributed by atoms with Crippen LogP contribution in [0.5, 0.6) is 0 Å². The van der Waals surface area contributed by atoms with Gasteiger partial charge in [0.15, 0.2) is 17.5 Å². The number of benzene rings is 5. The van der Waals surface area contributed by atoms with Crippen molar-refractivity contribution in [2.75, 3.05) is 0 Å². The van der Waals surface area contributed by atoms with Gasteiger partial charge in [-0.2, -0.15) is 0 Å². The van der Waals surface area contributed by atoms with E-state index in [1.807, 2.05) is 18.2 Å². The summed E-state index contributed by atoms with van der Waals surface area (Å²) in [6.07, 6.45) is 14.6. The third-order valence-corrected chi connectivity index (χ3v) is 11.0. The molecule has 5 aromatic carbocycles. The average Bonchev–Trinajstić information content (AvgIpc) is 3.68. The molecule has 0 unspecified atom stereocenters. The molecule has 2 heterocycles. The fourth-order valence-corrected chi connectivity index (χ4v) is 8.64. The predicted molar refractivity (Wildman–Crippen MR) is 199 cm³/mol. The highest BCUT2D eigenvalue weighted by molar-refractivity contribution is 6.10. The van der Waals surface area contributed by atoms with E-state index in [9.17, 15) is 0 Å². The van der Waals surface area contributed by atoms with Gasteiger partial charge < -0.3 is 4.42 Å². The first-order chi connectivity index (χ1) is 24.2. The molecule has 10 rings (SSSR count). The van der Waals surface area contributed by atoms with Crippen LogP contribution in [0.4, 0.5) is 0 Å². The zero-order valence-corrected chi connectivity index (χ0v) is 27.3. The van der Waals surface area contributed by atoms with E-state index in [4.69, 9.17) is 19.4 Å². The van der Waals surface area contributed by atoms with Crippen molar-refractivity contribution < 1.29 is 4.42 Å². The van der Waals surface area contributed by atoms with E-state index in [2.05, 4.69) is 109 Å². The van der Waals surface area contributed by atoms with Crippen LogP contribution in [-0.2, 0) is 5.41 Å². The predicted octanol–water partition coefficient (Wildman–Crippen LogP) is 11.7. The Hall–Kier alpha value is -5.61. The summed E-state index contributed by atoms with van der Waals surface area (Å²) in [5.41, 5.74) is 13.1. The first kappa shape index (κ1) is 28.4.